The summed E-state index contributed by atoms with van der Waals surface area (Å²) in [7, 11) is 0. The van der Waals surface area contributed by atoms with Gasteiger partial charge >= 0.3 is 5.97 Å². The Bertz CT molecular complexity index is 1410. The van der Waals surface area contributed by atoms with Gasteiger partial charge in [0, 0.05) is 12.8 Å². The van der Waals surface area contributed by atoms with Crippen molar-refractivity contribution in [3.8, 4) is 0 Å². The van der Waals surface area contributed by atoms with Crippen LogP contribution in [0.1, 0.15) is 534 Å². The molecule has 95 heavy (non-hydrogen) atoms. The van der Waals surface area contributed by atoms with Gasteiger partial charge in [-0.1, -0.05) is 495 Å². The summed E-state index contributed by atoms with van der Waals surface area (Å²) in [4.78, 5) is 24.7. The molecule has 0 bridgehead atoms. The molecule has 3 N–H and O–H groups in total. The van der Waals surface area contributed by atoms with Crippen LogP contribution in [0.5, 0.6) is 0 Å². The summed E-state index contributed by atoms with van der Waals surface area (Å²) in [5, 5.41) is 23.5. The van der Waals surface area contributed by atoms with Crippen molar-refractivity contribution in [3.05, 3.63) is 0 Å². The lowest BCUT2D eigenvalue weighted by Gasteiger charge is -2.22. The molecule has 0 aliphatic carbocycles. The molecule has 0 fully saturated rings. The number of hydrogen-bond donors (Lipinski definition) is 3. The molecule has 2 unspecified atom stereocenters. The minimum absolute atomic E-state index is 0.0224. The van der Waals surface area contributed by atoms with E-state index >= 15 is 0 Å². The fourth-order valence-corrected chi connectivity index (χ4v) is 14.9. The predicted molar refractivity (Wildman–Crippen MR) is 421 cm³/mol. The monoisotopic (exact) mass is 1340 g/mol. The van der Waals surface area contributed by atoms with E-state index in [-0.39, 0.29) is 18.5 Å². The van der Waals surface area contributed by atoms with Crippen LogP contribution in [0.2, 0.25) is 0 Å². The molecule has 1 amide bonds. The van der Waals surface area contributed by atoms with Crippen LogP contribution in [0.3, 0.4) is 0 Å². The van der Waals surface area contributed by atoms with Crippen molar-refractivity contribution in [1.82, 2.24) is 5.32 Å². The average Bonchev–Trinajstić information content (AvgIpc) is 2.94. The lowest BCUT2D eigenvalue weighted by Crippen LogP contribution is -2.45. The molecule has 6 heteroatoms. The van der Waals surface area contributed by atoms with Gasteiger partial charge in [0.15, 0.2) is 0 Å². The van der Waals surface area contributed by atoms with Gasteiger partial charge in [0.2, 0.25) is 5.91 Å². The standard InChI is InChI=1S/C89H177NO5/c1-3-5-7-9-11-13-15-17-19-21-23-24-42-46-49-53-57-61-65-69-73-77-81-87(92)86(85-91)90-88(93)82-78-74-70-66-62-58-54-50-47-43-40-38-36-34-32-30-28-26-25-27-29-31-33-35-37-39-41-44-48-52-56-60-64-68-72-76-80-84-95-89(94)83-79-75-71-67-63-59-55-51-45-22-20-18-16-14-12-10-8-6-4-2/h86-87,91-92H,3-85H2,1-2H3,(H,90,93). The lowest BCUT2D eigenvalue weighted by molar-refractivity contribution is -0.143. The fraction of sp³-hybridized carbons (Fsp3) is 0.978. The summed E-state index contributed by atoms with van der Waals surface area (Å²) in [5.41, 5.74) is 0. The highest BCUT2D eigenvalue weighted by molar-refractivity contribution is 5.76. The number of aliphatic hydroxyl groups excluding tert-OH is 2. The first-order valence-corrected chi connectivity index (χ1v) is 44.8. The van der Waals surface area contributed by atoms with Crippen LogP contribution in [0, 0.1) is 0 Å². The van der Waals surface area contributed by atoms with Crippen LogP contribution in [-0.4, -0.2) is 47.4 Å². The average molecular weight is 1340 g/mol. The van der Waals surface area contributed by atoms with Gasteiger partial charge in [-0.05, 0) is 25.7 Å². The first-order valence-electron chi connectivity index (χ1n) is 44.8. The second kappa shape index (κ2) is 85.3. The normalized spacial score (nSPS) is 12.3. The largest absolute Gasteiger partial charge is 0.466 e. The fourth-order valence-electron chi connectivity index (χ4n) is 14.9. The third-order valence-corrected chi connectivity index (χ3v) is 21.7. The van der Waals surface area contributed by atoms with Crippen LogP contribution in [0.25, 0.3) is 0 Å². The molecule has 0 saturated heterocycles. The zero-order valence-corrected chi connectivity index (χ0v) is 65.5. The van der Waals surface area contributed by atoms with E-state index in [1.165, 1.54) is 462 Å². The van der Waals surface area contributed by atoms with E-state index in [4.69, 9.17) is 4.74 Å². The van der Waals surface area contributed by atoms with Crippen LogP contribution < -0.4 is 5.32 Å². The molecular weight excluding hydrogens is 1160 g/mol. The van der Waals surface area contributed by atoms with E-state index in [0.29, 0.717) is 25.9 Å². The van der Waals surface area contributed by atoms with Gasteiger partial charge in [-0.2, -0.15) is 0 Å². The summed E-state index contributed by atoms with van der Waals surface area (Å²) in [6, 6.07) is -0.537. The number of aliphatic hydroxyl groups is 2. The topological polar surface area (TPSA) is 95.9 Å². The molecule has 568 valence electrons. The van der Waals surface area contributed by atoms with Crippen molar-refractivity contribution in [2.45, 2.75) is 546 Å². The zero-order chi connectivity index (χ0) is 68.4. The number of unbranched alkanes of at least 4 members (excludes halogenated alkanes) is 75. The molecule has 0 spiro atoms. The maximum Gasteiger partial charge on any atom is 0.305 e. The first-order chi connectivity index (χ1) is 47.0. The van der Waals surface area contributed by atoms with Gasteiger partial charge in [-0.25, -0.2) is 0 Å². The minimum Gasteiger partial charge on any atom is -0.466 e. The first kappa shape index (κ1) is 93.9. The van der Waals surface area contributed by atoms with E-state index < -0.39 is 12.1 Å². The number of amides is 1. The van der Waals surface area contributed by atoms with Crippen LogP contribution in [0.15, 0.2) is 0 Å². The smallest absolute Gasteiger partial charge is 0.305 e. The predicted octanol–water partition coefficient (Wildman–Crippen LogP) is 30.0. The van der Waals surface area contributed by atoms with Gasteiger partial charge in [-0.15, -0.1) is 0 Å². The maximum atomic E-state index is 12.6. The molecule has 0 heterocycles. The van der Waals surface area contributed by atoms with Gasteiger partial charge in [0.05, 0.1) is 25.4 Å². The van der Waals surface area contributed by atoms with Gasteiger partial charge in [0.25, 0.3) is 0 Å². The Balaban J connectivity index is 3.29. The highest BCUT2D eigenvalue weighted by Gasteiger charge is 2.20. The SMILES string of the molecule is CCCCCCCCCCCCCCCCCCCCCCCCC(O)C(CO)NC(=O)CCCCCCCCCCCCCCCCCCCCCCCCCCCCCCCCCCCCCCCOC(=O)CCCCCCCCCCCCCCCCCCCCC. The number of esters is 1. The Labute approximate surface area is 597 Å². The molecule has 0 aromatic rings. The summed E-state index contributed by atoms with van der Waals surface area (Å²) in [6.07, 6.45) is 108. The van der Waals surface area contributed by atoms with E-state index in [2.05, 4.69) is 19.2 Å². The number of ether oxygens (including phenoxy) is 1. The van der Waals surface area contributed by atoms with Gasteiger partial charge in [-0.3, -0.25) is 9.59 Å². The molecule has 2 atom stereocenters. The molecule has 0 aromatic carbocycles. The Morgan fingerprint density at radius 2 is 0.432 bits per heavy atom. The van der Waals surface area contributed by atoms with Gasteiger partial charge < -0.3 is 20.3 Å². The second-order valence-electron chi connectivity index (χ2n) is 31.3. The van der Waals surface area contributed by atoms with Crippen molar-refractivity contribution in [1.29, 1.82) is 0 Å². The number of carbonyl (C=O) groups excluding carboxylic acids is 2. The number of carbonyl (C=O) groups is 2. The quantitative estimate of drug-likeness (QED) is 0.0417. The number of nitrogens with one attached hydrogen (secondary N) is 1. The molecule has 0 saturated carbocycles. The Morgan fingerprint density at radius 1 is 0.253 bits per heavy atom. The minimum atomic E-state index is -0.661. The highest BCUT2D eigenvalue weighted by Crippen LogP contribution is 2.22. The van der Waals surface area contributed by atoms with E-state index in [1.807, 2.05) is 0 Å². The third-order valence-electron chi connectivity index (χ3n) is 21.7. The summed E-state index contributed by atoms with van der Waals surface area (Å²) in [6.45, 7) is 5.03. The molecule has 0 aliphatic rings. The lowest BCUT2D eigenvalue weighted by atomic mass is 10.0. The Kier molecular flexibility index (Phi) is 84.2. The van der Waals surface area contributed by atoms with Crippen molar-refractivity contribution in [2.24, 2.45) is 0 Å². The van der Waals surface area contributed by atoms with Crippen LogP contribution in [0.4, 0.5) is 0 Å². The third kappa shape index (κ3) is 81.7. The molecular formula is C89H177NO5. The van der Waals surface area contributed by atoms with Crippen molar-refractivity contribution >= 4 is 11.9 Å². The Hall–Kier alpha value is -1.14. The van der Waals surface area contributed by atoms with Crippen LogP contribution >= 0.6 is 0 Å². The molecule has 0 aromatic heterocycles. The number of rotatable bonds is 86. The van der Waals surface area contributed by atoms with Gasteiger partial charge in [0.1, 0.15) is 0 Å². The van der Waals surface area contributed by atoms with Crippen molar-refractivity contribution < 1.29 is 24.5 Å². The van der Waals surface area contributed by atoms with E-state index in [9.17, 15) is 19.8 Å². The molecule has 0 aliphatic heterocycles. The highest BCUT2D eigenvalue weighted by atomic mass is 16.5. The summed E-state index contributed by atoms with van der Waals surface area (Å²) >= 11 is 0. The Morgan fingerprint density at radius 3 is 0.642 bits per heavy atom. The zero-order valence-electron chi connectivity index (χ0n) is 65.5. The molecule has 0 rings (SSSR count). The van der Waals surface area contributed by atoms with E-state index in [0.717, 1.165) is 38.5 Å². The second-order valence-corrected chi connectivity index (χ2v) is 31.3. The van der Waals surface area contributed by atoms with Crippen LogP contribution in [-0.2, 0) is 14.3 Å². The summed E-state index contributed by atoms with van der Waals surface area (Å²) < 4.78 is 5.53. The molecule has 6 nitrogen and oxygen atoms in total. The summed E-state index contributed by atoms with van der Waals surface area (Å²) in [5.74, 6) is 0.00760. The molecule has 0 radical (unpaired) electrons. The number of hydrogen-bond acceptors (Lipinski definition) is 5. The van der Waals surface area contributed by atoms with Crippen molar-refractivity contribution in [3.63, 3.8) is 0 Å². The maximum absolute atomic E-state index is 12.6. The van der Waals surface area contributed by atoms with Crippen molar-refractivity contribution in [2.75, 3.05) is 13.2 Å². The van der Waals surface area contributed by atoms with E-state index in [1.54, 1.807) is 0 Å².